The van der Waals surface area contributed by atoms with E-state index in [4.69, 9.17) is 16.3 Å². The molecule has 1 saturated heterocycles. The molecule has 0 unspecified atom stereocenters. The number of ether oxygens (including phenoxy) is 1. The molecular weight excluding hydrogens is 449 g/mol. The summed E-state index contributed by atoms with van der Waals surface area (Å²) in [6.07, 6.45) is 1.87. The molecule has 178 valence electrons. The molecule has 5 heteroatoms. The van der Waals surface area contributed by atoms with Crippen LogP contribution in [0.15, 0.2) is 84.9 Å². The maximum atomic E-state index is 15.8. The van der Waals surface area contributed by atoms with Crippen LogP contribution in [0.5, 0.6) is 0 Å². The molecule has 0 amide bonds. The van der Waals surface area contributed by atoms with Crippen LogP contribution in [0.25, 0.3) is 0 Å². The van der Waals surface area contributed by atoms with Crippen LogP contribution in [-0.2, 0) is 28.0 Å². The third-order valence-corrected chi connectivity index (χ3v) is 7.18. The second kappa shape index (κ2) is 10.7. The first-order valence-electron chi connectivity index (χ1n) is 11.8. The number of nitrogens with zero attached hydrogens (tertiary/aromatic N) is 1. The van der Waals surface area contributed by atoms with Gasteiger partial charge in [0.2, 0.25) is 0 Å². The number of benzene rings is 3. The van der Waals surface area contributed by atoms with Crippen molar-refractivity contribution in [1.82, 2.24) is 4.90 Å². The number of hydrogen-bond acceptors (Lipinski definition) is 3. The molecule has 1 fully saturated rings. The monoisotopic (exact) mass is 479 g/mol. The number of esters is 1. The molecule has 34 heavy (non-hydrogen) atoms. The number of alkyl halides is 1. The van der Waals surface area contributed by atoms with Crippen molar-refractivity contribution in [2.45, 2.75) is 31.4 Å². The molecule has 1 heterocycles. The minimum absolute atomic E-state index is 0.227. The van der Waals surface area contributed by atoms with Crippen molar-refractivity contribution in [3.63, 3.8) is 0 Å². The summed E-state index contributed by atoms with van der Waals surface area (Å²) in [4.78, 5) is 15.6. The predicted octanol–water partition coefficient (Wildman–Crippen LogP) is 6.25. The third kappa shape index (κ3) is 5.68. The molecule has 0 aromatic heterocycles. The van der Waals surface area contributed by atoms with Gasteiger partial charge in [0.1, 0.15) is 5.67 Å². The van der Waals surface area contributed by atoms with Gasteiger partial charge in [-0.3, -0.25) is 4.79 Å². The standard InChI is InChI=1S/C29H31ClFNO2/c1-34-27(33)28(20-23-8-4-2-5-9-23,21-24-10-6-3-7-11-24)22-32-18-16-29(31,17-19-32)25-12-14-26(30)15-13-25/h2-15H,16-22H2,1H3. The van der Waals surface area contributed by atoms with Crippen molar-refractivity contribution in [3.05, 3.63) is 107 Å². The predicted molar refractivity (Wildman–Crippen MR) is 135 cm³/mol. The summed E-state index contributed by atoms with van der Waals surface area (Å²) >= 11 is 5.99. The number of halogens is 2. The van der Waals surface area contributed by atoms with E-state index in [1.165, 1.54) is 7.11 Å². The molecule has 0 bridgehead atoms. The van der Waals surface area contributed by atoms with Gasteiger partial charge in [-0.1, -0.05) is 84.4 Å². The van der Waals surface area contributed by atoms with E-state index in [0.29, 0.717) is 55.9 Å². The van der Waals surface area contributed by atoms with Crippen molar-refractivity contribution >= 4 is 17.6 Å². The zero-order valence-electron chi connectivity index (χ0n) is 19.6. The summed E-state index contributed by atoms with van der Waals surface area (Å²) in [7, 11) is 1.45. The van der Waals surface area contributed by atoms with E-state index in [-0.39, 0.29) is 5.97 Å². The van der Waals surface area contributed by atoms with Crippen LogP contribution < -0.4 is 0 Å². The Morgan fingerprint density at radius 2 is 1.41 bits per heavy atom. The molecule has 0 spiro atoms. The van der Waals surface area contributed by atoms with Gasteiger partial charge in [0.05, 0.1) is 12.5 Å². The van der Waals surface area contributed by atoms with Gasteiger partial charge in [0, 0.05) is 24.7 Å². The van der Waals surface area contributed by atoms with E-state index in [0.717, 1.165) is 11.1 Å². The first kappa shape index (κ1) is 24.4. The summed E-state index contributed by atoms with van der Waals surface area (Å²) in [5.74, 6) is -0.227. The first-order chi connectivity index (χ1) is 16.4. The number of carbonyl (C=O) groups is 1. The molecule has 3 nitrogen and oxygen atoms in total. The molecule has 0 radical (unpaired) electrons. The maximum Gasteiger partial charge on any atom is 0.313 e. The largest absolute Gasteiger partial charge is 0.469 e. The molecular formula is C29H31ClFNO2. The van der Waals surface area contributed by atoms with Crippen molar-refractivity contribution < 1.29 is 13.9 Å². The molecule has 4 rings (SSSR count). The second-order valence-corrected chi connectivity index (χ2v) is 9.78. The molecule has 1 aliphatic rings. The molecule has 0 N–H and O–H groups in total. The third-order valence-electron chi connectivity index (χ3n) is 6.93. The van der Waals surface area contributed by atoms with Crippen molar-refractivity contribution in [2.75, 3.05) is 26.7 Å². The van der Waals surface area contributed by atoms with Crippen molar-refractivity contribution in [1.29, 1.82) is 0 Å². The van der Waals surface area contributed by atoms with Crippen LogP contribution >= 0.6 is 11.6 Å². The number of likely N-dealkylation sites (tertiary alicyclic amines) is 1. The lowest BCUT2D eigenvalue weighted by molar-refractivity contribution is -0.154. The fraction of sp³-hybridized carbons (Fsp3) is 0.345. The fourth-order valence-electron chi connectivity index (χ4n) is 5.10. The summed E-state index contributed by atoms with van der Waals surface area (Å²) in [5, 5.41) is 0.606. The highest BCUT2D eigenvalue weighted by atomic mass is 35.5. The van der Waals surface area contributed by atoms with Crippen LogP contribution in [0.1, 0.15) is 29.5 Å². The van der Waals surface area contributed by atoms with Crippen LogP contribution in [0, 0.1) is 5.41 Å². The average molecular weight is 480 g/mol. The normalized spacial score (nSPS) is 16.2. The molecule has 0 atom stereocenters. The average Bonchev–Trinajstić information content (AvgIpc) is 2.86. The first-order valence-corrected chi connectivity index (χ1v) is 12.1. The highest BCUT2D eigenvalue weighted by Crippen LogP contribution is 2.39. The Morgan fingerprint density at radius 3 is 1.88 bits per heavy atom. The van der Waals surface area contributed by atoms with E-state index in [2.05, 4.69) is 4.90 Å². The summed E-state index contributed by atoms with van der Waals surface area (Å²) in [6, 6.07) is 27.1. The zero-order valence-corrected chi connectivity index (χ0v) is 20.3. The van der Waals surface area contributed by atoms with Crippen LogP contribution in [0.2, 0.25) is 5.02 Å². The Hall–Kier alpha value is -2.69. The smallest absolute Gasteiger partial charge is 0.313 e. The Morgan fingerprint density at radius 1 is 0.912 bits per heavy atom. The molecule has 0 aliphatic carbocycles. The summed E-state index contributed by atoms with van der Waals surface area (Å²) in [5.41, 5.74) is 0.690. The lowest BCUT2D eigenvalue weighted by atomic mass is 9.75. The van der Waals surface area contributed by atoms with Gasteiger partial charge in [-0.05, 0) is 54.5 Å². The molecule has 3 aromatic rings. The summed E-state index contributed by atoms with van der Waals surface area (Å²) in [6.45, 7) is 1.66. The van der Waals surface area contributed by atoms with Gasteiger partial charge in [0.25, 0.3) is 0 Å². The summed E-state index contributed by atoms with van der Waals surface area (Å²) < 4.78 is 21.2. The van der Waals surface area contributed by atoms with E-state index in [1.807, 2.05) is 60.7 Å². The highest BCUT2D eigenvalue weighted by molar-refractivity contribution is 6.30. The maximum absolute atomic E-state index is 15.8. The number of carbonyl (C=O) groups excluding carboxylic acids is 1. The minimum atomic E-state index is -1.38. The second-order valence-electron chi connectivity index (χ2n) is 9.35. The number of methoxy groups -OCH3 is 1. The highest BCUT2D eigenvalue weighted by Gasteiger charge is 2.44. The van der Waals surface area contributed by atoms with Gasteiger partial charge in [-0.15, -0.1) is 0 Å². The van der Waals surface area contributed by atoms with E-state index in [1.54, 1.807) is 24.3 Å². The Kier molecular flexibility index (Phi) is 7.70. The Labute approximate surface area is 206 Å². The van der Waals surface area contributed by atoms with Crippen LogP contribution in [0.4, 0.5) is 4.39 Å². The quantitative estimate of drug-likeness (QED) is 0.358. The van der Waals surface area contributed by atoms with E-state index < -0.39 is 11.1 Å². The van der Waals surface area contributed by atoms with E-state index >= 15 is 4.39 Å². The van der Waals surface area contributed by atoms with Crippen molar-refractivity contribution in [2.24, 2.45) is 5.41 Å². The lowest BCUT2D eigenvalue weighted by Crippen LogP contribution is -2.50. The van der Waals surface area contributed by atoms with Crippen LogP contribution in [-0.4, -0.2) is 37.6 Å². The Bertz CT molecular complexity index is 1020. The number of hydrogen-bond donors (Lipinski definition) is 0. The molecule has 1 aliphatic heterocycles. The van der Waals surface area contributed by atoms with Gasteiger partial charge in [-0.2, -0.15) is 0 Å². The number of piperidine rings is 1. The fourth-order valence-corrected chi connectivity index (χ4v) is 5.23. The minimum Gasteiger partial charge on any atom is -0.469 e. The molecule has 3 aromatic carbocycles. The lowest BCUT2D eigenvalue weighted by Gasteiger charge is -2.41. The molecule has 0 saturated carbocycles. The SMILES string of the molecule is COC(=O)C(Cc1ccccc1)(Cc1ccccc1)CN1CCC(F)(c2ccc(Cl)cc2)CC1. The van der Waals surface area contributed by atoms with Gasteiger partial charge in [-0.25, -0.2) is 4.39 Å². The topological polar surface area (TPSA) is 29.5 Å². The Balaban J connectivity index is 1.57. The van der Waals surface area contributed by atoms with Gasteiger partial charge < -0.3 is 9.64 Å². The zero-order chi connectivity index (χ0) is 24.0. The van der Waals surface area contributed by atoms with Gasteiger partial charge >= 0.3 is 5.97 Å². The number of rotatable bonds is 8. The van der Waals surface area contributed by atoms with Gasteiger partial charge in [0.15, 0.2) is 0 Å². The van der Waals surface area contributed by atoms with Crippen LogP contribution in [0.3, 0.4) is 0 Å². The van der Waals surface area contributed by atoms with Crippen molar-refractivity contribution in [3.8, 4) is 0 Å². The van der Waals surface area contributed by atoms with E-state index in [9.17, 15) is 4.79 Å².